The Hall–Kier alpha value is -0.590. The van der Waals surface area contributed by atoms with E-state index in [0.717, 1.165) is 13.1 Å². The molecule has 0 N–H and O–H groups in total. The highest BCUT2D eigenvalue weighted by atomic mass is 16.5. The normalized spacial score (nSPS) is 35.3. The van der Waals surface area contributed by atoms with E-state index in [1.165, 1.54) is 0 Å². The molecule has 1 aliphatic heterocycles. The van der Waals surface area contributed by atoms with E-state index in [-0.39, 0.29) is 12.2 Å². The molecule has 0 saturated carbocycles. The summed E-state index contributed by atoms with van der Waals surface area (Å²) >= 11 is 0. The van der Waals surface area contributed by atoms with Gasteiger partial charge in [0.2, 0.25) is 0 Å². The largest absolute Gasteiger partial charge is 0.358 e. The van der Waals surface area contributed by atoms with Gasteiger partial charge in [0.25, 0.3) is 0 Å². The zero-order valence-corrected chi connectivity index (χ0v) is 6.37. The van der Waals surface area contributed by atoms with Crippen LogP contribution < -0.4 is 0 Å². The Labute approximate surface area is 61.2 Å². The van der Waals surface area contributed by atoms with Gasteiger partial charge < -0.3 is 9.64 Å². The molecule has 2 atom stereocenters. The predicted octanol–water partition coefficient (Wildman–Crippen LogP) is 0.229. The second-order valence-corrected chi connectivity index (χ2v) is 2.79. The first-order valence-electron chi connectivity index (χ1n) is 3.46. The van der Waals surface area contributed by atoms with Gasteiger partial charge in [0.1, 0.15) is 0 Å². The van der Waals surface area contributed by atoms with Crippen molar-refractivity contribution in [3.63, 3.8) is 0 Å². The summed E-state index contributed by atoms with van der Waals surface area (Å²) < 4.78 is 5.30. The summed E-state index contributed by atoms with van der Waals surface area (Å²) in [6, 6.07) is 2.10. The van der Waals surface area contributed by atoms with Crippen molar-refractivity contribution in [1.29, 1.82) is 5.26 Å². The van der Waals surface area contributed by atoms with E-state index in [2.05, 4.69) is 11.0 Å². The molecule has 0 aliphatic carbocycles. The van der Waals surface area contributed by atoms with Crippen LogP contribution in [0.1, 0.15) is 6.92 Å². The smallest absolute Gasteiger partial charge is 0.156 e. The quantitative estimate of drug-likeness (QED) is 0.483. The molecule has 0 amide bonds. The molecule has 0 aromatic heterocycles. The van der Waals surface area contributed by atoms with E-state index in [9.17, 15) is 0 Å². The molecule has 1 aliphatic rings. The third kappa shape index (κ3) is 1.69. The van der Waals surface area contributed by atoms with Gasteiger partial charge in [0.05, 0.1) is 12.2 Å². The standard InChI is InChI=1S/C7H12N2O/c1-6-4-9(2)5-7(3-8)10-6/h6-7H,4-5H2,1-2H3/t6-,7-/m0/s1. The predicted molar refractivity (Wildman–Crippen MR) is 37.4 cm³/mol. The molecule has 1 saturated heterocycles. The maximum absolute atomic E-state index is 8.52. The Kier molecular flexibility index (Phi) is 2.25. The molecule has 3 heteroatoms. The lowest BCUT2D eigenvalue weighted by atomic mass is 10.2. The number of rotatable bonds is 0. The third-order valence-corrected chi connectivity index (χ3v) is 1.59. The first-order valence-corrected chi connectivity index (χ1v) is 3.46. The van der Waals surface area contributed by atoms with Crippen molar-refractivity contribution in [3.05, 3.63) is 0 Å². The van der Waals surface area contributed by atoms with Crippen LogP contribution in [0.25, 0.3) is 0 Å². The fraction of sp³-hybridized carbons (Fsp3) is 0.857. The lowest BCUT2D eigenvalue weighted by Crippen LogP contribution is -2.43. The van der Waals surface area contributed by atoms with Crippen LogP contribution in [-0.4, -0.2) is 37.2 Å². The molecule has 0 spiro atoms. The topological polar surface area (TPSA) is 36.3 Å². The van der Waals surface area contributed by atoms with Crippen molar-refractivity contribution in [2.75, 3.05) is 20.1 Å². The molecule has 0 bridgehead atoms. The lowest BCUT2D eigenvalue weighted by Gasteiger charge is -2.30. The summed E-state index contributed by atoms with van der Waals surface area (Å²) in [6.07, 6.45) is -0.0304. The van der Waals surface area contributed by atoms with Crippen molar-refractivity contribution in [2.24, 2.45) is 0 Å². The van der Waals surface area contributed by atoms with E-state index >= 15 is 0 Å². The summed E-state index contributed by atoms with van der Waals surface area (Å²) in [4.78, 5) is 2.11. The Morgan fingerprint density at radius 3 is 2.80 bits per heavy atom. The minimum absolute atomic E-state index is 0.198. The molecular formula is C7H12N2O. The van der Waals surface area contributed by atoms with E-state index < -0.39 is 0 Å². The monoisotopic (exact) mass is 140 g/mol. The van der Waals surface area contributed by atoms with Gasteiger partial charge in [-0.25, -0.2) is 0 Å². The average molecular weight is 140 g/mol. The Morgan fingerprint density at radius 1 is 1.60 bits per heavy atom. The highest BCUT2D eigenvalue weighted by molar-refractivity contribution is 4.89. The summed E-state index contributed by atoms with van der Waals surface area (Å²) in [5.74, 6) is 0. The van der Waals surface area contributed by atoms with Gasteiger partial charge in [0, 0.05) is 13.1 Å². The minimum atomic E-state index is -0.228. The molecule has 0 aromatic carbocycles. The van der Waals surface area contributed by atoms with Crippen molar-refractivity contribution >= 4 is 0 Å². The fourth-order valence-corrected chi connectivity index (χ4v) is 1.23. The number of morpholine rings is 1. The number of nitriles is 1. The maximum Gasteiger partial charge on any atom is 0.156 e. The van der Waals surface area contributed by atoms with Crippen LogP contribution in [0.2, 0.25) is 0 Å². The zero-order chi connectivity index (χ0) is 7.56. The molecular weight excluding hydrogens is 128 g/mol. The summed E-state index contributed by atoms with van der Waals surface area (Å²) in [6.45, 7) is 3.65. The number of likely N-dealkylation sites (N-methyl/N-ethyl adjacent to an activating group) is 1. The van der Waals surface area contributed by atoms with Gasteiger partial charge in [-0.2, -0.15) is 5.26 Å². The fourth-order valence-electron chi connectivity index (χ4n) is 1.23. The Bertz CT molecular complexity index is 142. The minimum Gasteiger partial charge on any atom is -0.358 e. The molecule has 0 aromatic rings. The maximum atomic E-state index is 8.52. The Morgan fingerprint density at radius 2 is 2.30 bits per heavy atom. The Balaban J connectivity index is 2.44. The van der Waals surface area contributed by atoms with E-state index in [1.54, 1.807) is 0 Å². The molecule has 1 fully saturated rings. The van der Waals surface area contributed by atoms with Gasteiger partial charge >= 0.3 is 0 Å². The first kappa shape index (κ1) is 7.52. The number of hydrogen-bond acceptors (Lipinski definition) is 3. The number of ether oxygens (including phenoxy) is 1. The summed E-state index contributed by atoms with van der Waals surface area (Å²) in [7, 11) is 2.00. The van der Waals surface area contributed by atoms with Crippen molar-refractivity contribution < 1.29 is 4.74 Å². The van der Waals surface area contributed by atoms with Crippen molar-refractivity contribution in [1.82, 2.24) is 4.90 Å². The molecule has 1 heterocycles. The highest BCUT2D eigenvalue weighted by Gasteiger charge is 2.21. The van der Waals surface area contributed by atoms with Gasteiger partial charge in [-0.1, -0.05) is 0 Å². The molecule has 0 radical (unpaired) electrons. The first-order chi connectivity index (χ1) is 4.72. The summed E-state index contributed by atoms with van der Waals surface area (Å²) in [5.41, 5.74) is 0. The van der Waals surface area contributed by atoms with E-state index in [4.69, 9.17) is 10.00 Å². The zero-order valence-electron chi connectivity index (χ0n) is 6.37. The number of nitrogens with zero attached hydrogens (tertiary/aromatic N) is 2. The van der Waals surface area contributed by atoms with Crippen LogP contribution in [0.15, 0.2) is 0 Å². The van der Waals surface area contributed by atoms with Crippen molar-refractivity contribution in [2.45, 2.75) is 19.1 Å². The van der Waals surface area contributed by atoms with Gasteiger partial charge in [0.15, 0.2) is 6.10 Å². The van der Waals surface area contributed by atoms with Crippen LogP contribution in [0.3, 0.4) is 0 Å². The van der Waals surface area contributed by atoms with Crippen LogP contribution >= 0.6 is 0 Å². The van der Waals surface area contributed by atoms with E-state index in [0.29, 0.717) is 0 Å². The van der Waals surface area contributed by atoms with Gasteiger partial charge in [-0.3, -0.25) is 0 Å². The highest BCUT2D eigenvalue weighted by Crippen LogP contribution is 2.07. The van der Waals surface area contributed by atoms with Crippen LogP contribution in [0, 0.1) is 11.3 Å². The molecule has 3 nitrogen and oxygen atoms in total. The second-order valence-electron chi connectivity index (χ2n) is 2.79. The number of hydrogen-bond donors (Lipinski definition) is 0. The SMILES string of the molecule is C[C@H]1CN(C)C[C@H](C#N)O1. The average Bonchev–Trinajstić information content (AvgIpc) is 1.85. The third-order valence-electron chi connectivity index (χ3n) is 1.59. The van der Waals surface area contributed by atoms with Crippen LogP contribution in [0.5, 0.6) is 0 Å². The van der Waals surface area contributed by atoms with Gasteiger partial charge in [-0.05, 0) is 14.0 Å². The van der Waals surface area contributed by atoms with Gasteiger partial charge in [-0.15, -0.1) is 0 Å². The van der Waals surface area contributed by atoms with Crippen molar-refractivity contribution in [3.8, 4) is 6.07 Å². The lowest BCUT2D eigenvalue weighted by molar-refractivity contribution is -0.0432. The summed E-state index contributed by atoms with van der Waals surface area (Å²) in [5, 5.41) is 8.52. The van der Waals surface area contributed by atoms with E-state index in [1.807, 2.05) is 14.0 Å². The van der Waals surface area contributed by atoms with Crippen LogP contribution in [0.4, 0.5) is 0 Å². The second kappa shape index (κ2) is 3.00. The molecule has 1 rings (SSSR count). The molecule has 56 valence electrons. The molecule has 10 heavy (non-hydrogen) atoms. The molecule has 0 unspecified atom stereocenters. The van der Waals surface area contributed by atoms with Crippen LogP contribution in [-0.2, 0) is 4.74 Å².